The third-order valence-corrected chi connectivity index (χ3v) is 4.74. The summed E-state index contributed by atoms with van der Waals surface area (Å²) in [6.07, 6.45) is 0. The van der Waals surface area contributed by atoms with E-state index in [1.165, 1.54) is 0 Å². The summed E-state index contributed by atoms with van der Waals surface area (Å²) in [5.74, 6) is -0.382. The molecule has 0 aliphatic heterocycles. The first-order valence-electron chi connectivity index (χ1n) is 9.84. The normalized spacial score (nSPS) is 10.4. The lowest BCUT2D eigenvalue weighted by molar-refractivity contribution is 0.0720. The lowest BCUT2D eigenvalue weighted by Gasteiger charge is -2.13. The molecule has 4 aromatic carbocycles. The van der Waals surface area contributed by atoms with Gasteiger partial charge in [-0.15, -0.1) is 0 Å². The average Bonchev–Trinajstić information content (AvgIpc) is 2.81. The van der Waals surface area contributed by atoms with Crippen molar-refractivity contribution in [2.45, 2.75) is 0 Å². The van der Waals surface area contributed by atoms with Gasteiger partial charge in [0, 0.05) is 16.9 Å². The van der Waals surface area contributed by atoms with Gasteiger partial charge >= 0.3 is 11.9 Å². The molecule has 4 N–H and O–H groups in total. The number of hydrogen-bond donors (Lipinski definition) is 2. The lowest BCUT2D eigenvalue weighted by atomic mass is 10.0. The molecule has 158 valence electrons. The summed E-state index contributed by atoms with van der Waals surface area (Å²) in [5, 5.41) is 0. The van der Waals surface area contributed by atoms with Gasteiger partial charge in [0.05, 0.1) is 11.1 Å². The maximum Gasteiger partial charge on any atom is 0.343 e. The van der Waals surface area contributed by atoms with Crippen LogP contribution in [0.4, 0.5) is 11.4 Å². The van der Waals surface area contributed by atoms with Crippen LogP contribution in [0.3, 0.4) is 0 Å². The van der Waals surface area contributed by atoms with Crippen molar-refractivity contribution in [3.8, 4) is 22.6 Å². The molecule has 4 rings (SSSR count). The van der Waals surface area contributed by atoms with Gasteiger partial charge in [0.25, 0.3) is 0 Å². The highest BCUT2D eigenvalue weighted by molar-refractivity contribution is 5.93. The van der Waals surface area contributed by atoms with Crippen molar-refractivity contribution >= 4 is 23.3 Å². The number of carbonyl (C=O) groups is 2. The maximum absolute atomic E-state index is 12.6. The van der Waals surface area contributed by atoms with Crippen LogP contribution in [0.5, 0.6) is 11.5 Å². The molecule has 0 unspecified atom stereocenters. The number of esters is 2. The molecule has 32 heavy (non-hydrogen) atoms. The number of nitrogens with two attached hydrogens (primary N) is 2. The molecule has 0 atom stereocenters. The Balaban J connectivity index is 1.63. The molecule has 4 aromatic rings. The Morgan fingerprint density at radius 1 is 0.594 bits per heavy atom. The average molecular weight is 424 g/mol. The summed E-state index contributed by atoms with van der Waals surface area (Å²) in [7, 11) is 0. The zero-order valence-corrected chi connectivity index (χ0v) is 17.0. The van der Waals surface area contributed by atoms with Crippen LogP contribution in [-0.4, -0.2) is 11.9 Å². The smallest absolute Gasteiger partial charge is 0.343 e. The highest BCUT2D eigenvalue weighted by atomic mass is 16.5. The Kier molecular flexibility index (Phi) is 5.85. The van der Waals surface area contributed by atoms with Crippen molar-refractivity contribution in [2.75, 3.05) is 11.5 Å². The fourth-order valence-electron chi connectivity index (χ4n) is 3.07. The van der Waals surface area contributed by atoms with E-state index in [-0.39, 0.29) is 0 Å². The van der Waals surface area contributed by atoms with E-state index >= 15 is 0 Å². The third-order valence-electron chi connectivity index (χ3n) is 4.74. The van der Waals surface area contributed by atoms with E-state index in [1.807, 2.05) is 30.3 Å². The molecule has 0 saturated carbocycles. The van der Waals surface area contributed by atoms with Crippen LogP contribution in [0.15, 0.2) is 97.1 Å². The lowest BCUT2D eigenvalue weighted by Crippen LogP contribution is -2.10. The van der Waals surface area contributed by atoms with E-state index in [4.69, 9.17) is 20.9 Å². The Morgan fingerprint density at radius 3 is 1.69 bits per heavy atom. The second-order valence-corrected chi connectivity index (χ2v) is 7.05. The Labute approximate surface area is 185 Å². The first-order chi connectivity index (χ1) is 15.5. The number of rotatable bonds is 5. The number of hydrogen-bond acceptors (Lipinski definition) is 6. The molecule has 0 heterocycles. The van der Waals surface area contributed by atoms with Gasteiger partial charge in [-0.05, 0) is 72.3 Å². The molecular weight excluding hydrogens is 404 g/mol. The minimum atomic E-state index is -0.520. The van der Waals surface area contributed by atoms with Crippen LogP contribution in [0.25, 0.3) is 11.1 Å². The fraction of sp³-hybridized carbons (Fsp3) is 0. The monoisotopic (exact) mass is 424 g/mol. The van der Waals surface area contributed by atoms with E-state index in [1.54, 1.807) is 66.7 Å². The van der Waals surface area contributed by atoms with E-state index in [0.29, 0.717) is 39.6 Å². The van der Waals surface area contributed by atoms with Crippen LogP contribution < -0.4 is 20.9 Å². The Hall–Kier alpha value is -4.58. The molecular formula is C26H20N2O4. The molecule has 6 nitrogen and oxygen atoms in total. The van der Waals surface area contributed by atoms with Gasteiger partial charge in [0.15, 0.2) is 0 Å². The van der Waals surface area contributed by atoms with Crippen molar-refractivity contribution in [2.24, 2.45) is 0 Å². The van der Waals surface area contributed by atoms with Crippen molar-refractivity contribution in [3.05, 3.63) is 108 Å². The van der Waals surface area contributed by atoms with Crippen molar-refractivity contribution in [1.82, 2.24) is 0 Å². The van der Waals surface area contributed by atoms with Gasteiger partial charge in [-0.2, -0.15) is 0 Å². The predicted molar refractivity (Wildman–Crippen MR) is 124 cm³/mol. The second-order valence-electron chi connectivity index (χ2n) is 7.05. The van der Waals surface area contributed by atoms with E-state index in [9.17, 15) is 9.59 Å². The van der Waals surface area contributed by atoms with Crippen LogP contribution in [-0.2, 0) is 0 Å². The number of benzene rings is 4. The van der Waals surface area contributed by atoms with Crippen LogP contribution in [0.1, 0.15) is 20.7 Å². The first-order valence-corrected chi connectivity index (χ1v) is 9.84. The van der Waals surface area contributed by atoms with E-state index < -0.39 is 11.9 Å². The van der Waals surface area contributed by atoms with Crippen molar-refractivity contribution in [3.63, 3.8) is 0 Å². The third kappa shape index (κ3) is 4.76. The molecule has 0 saturated heterocycles. The van der Waals surface area contributed by atoms with Gasteiger partial charge in [-0.25, -0.2) is 9.59 Å². The van der Waals surface area contributed by atoms with E-state index in [0.717, 1.165) is 5.56 Å². The van der Waals surface area contributed by atoms with E-state index in [2.05, 4.69) is 0 Å². The number of nitrogen functional groups attached to an aromatic ring is 2. The second kappa shape index (κ2) is 9.06. The Morgan fingerprint density at radius 2 is 1.12 bits per heavy atom. The summed E-state index contributed by atoms with van der Waals surface area (Å²) in [5.41, 5.74) is 14.6. The molecule has 0 amide bonds. The summed E-state index contributed by atoms with van der Waals surface area (Å²) in [4.78, 5) is 25.1. The summed E-state index contributed by atoms with van der Waals surface area (Å²) in [6.45, 7) is 0. The molecule has 0 spiro atoms. The summed E-state index contributed by atoms with van der Waals surface area (Å²) >= 11 is 0. The van der Waals surface area contributed by atoms with Crippen molar-refractivity contribution < 1.29 is 19.1 Å². The predicted octanol–water partition coefficient (Wildman–Crippen LogP) is 4.96. The topological polar surface area (TPSA) is 105 Å². The number of anilines is 2. The SMILES string of the molecule is Nc1ccc(C(=O)Oc2ccc(OC(=O)c3ccc(N)cc3)c(-c3ccccc3)c2)cc1. The zero-order valence-electron chi connectivity index (χ0n) is 17.0. The molecule has 0 fully saturated rings. The molecule has 0 aliphatic carbocycles. The molecule has 0 radical (unpaired) electrons. The maximum atomic E-state index is 12.6. The molecule has 0 bridgehead atoms. The Bertz CT molecular complexity index is 1250. The highest BCUT2D eigenvalue weighted by Crippen LogP contribution is 2.34. The summed E-state index contributed by atoms with van der Waals surface area (Å²) in [6, 6.07) is 27.1. The van der Waals surface area contributed by atoms with Crippen LogP contribution in [0.2, 0.25) is 0 Å². The largest absolute Gasteiger partial charge is 0.423 e. The van der Waals surface area contributed by atoms with Crippen LogP contribution in [0, 0.1) is 0 Å². The first kappa shape index (κ1) is 20.7. The standard InChI is InChI=1S/C26H20N2O4/c27-20-10-6-18(7-11-20)25(29)31-22-14-15-24(23(16-22)17-4-2-1-3-5-17)32-26(30)19-8-12-21(28)13-9-19/h1-16H,27-28H2. The molecule has 6 heteroatoms. The number of ether oxygens (including phenoxy) is 2. The van der Waals surface area contributed by atoms with Gasteiger partial charge in [0.1, 0.15) is 11.5 Å². The quantitative estimate of drug-likeness (QED) is 0.267. The van der Waals surface area contributed by atoms with Crippen LogP contribution >= 0.6 is 0 Å². The molecule has 0 aromatic heterocycles. The van der Waals surface area contributed by atoms with Gasteiger partial charge < -0.3 is 20.9 Å². The van der Waals surface area contributed by atoms with Gasteiger partial charge in [0.2, 0.25) is 0 Å². The minimum absolute atomic E-state index is 0.318. The zero-order chi connectivity index (χ0) is 22.5. The fourth-order valence-corrected chi connectivity index (χ4v) is 3.07. The molecule has 0 aliphatic rings. The number of carbonyl (C=O) groups excluding carboxylic acids is 2. The van der Waals surface area contributed by atoms with Gasteiger partial charge in [-0.1, -0.05) is 30.3 Å². The van der Waals surface area contributed by atoms with Crippen molar-refractivity contribution in [1.29, 1.82) is 0 Å². The summed E-state index contributed by atoms with van der Waals surface area (Å²) < 4.78 is 11.2. The minimum Gasteiger partial charge on any atom is -0.423 e. The highest BCUT2D eigenvalue weighted by Gasteiger charge is 2.16. The van der Waals surface area contributed by atoms with Gasteiger partial charge in [-0.3, -0.25) is 0 Å².